The third-order valence-corrected chi connectivity index (χ3v) is 14.5. The zero-order valence-electron chi connectivity index (χ0n) is 48.4. The Balaban J connectivity index is 0.000000233. The van der Waals surface area contributed by atoms with Crippen LogP contribution in [0.15, 0.2) is 127 Å². The number of hydrazone groups is 1. The maximum absolute atomic E-state index is 10.6. The number of rotatable bonds is 12. The number of nitrogens with two attached hydrogens (primary N) is 1. The van der Waals surface area contributed by atoms with Gasteiger partial charge in [-0.3, -0.25) is 24.8 Å². The van der Waals surface area contributed by atoms with Crippen LogP contribution in [0.1, 0.15) is 87.4 Å². The number of Topliss-reactive ketones (excluding diaryl/α,β-unsaturated/α-hetero) is 1. The first-order valence-electron chi connectivity index (χ1n) is 27.1. The normalized spacial score (nSPS) is 14.3. The van der Waals surface area contributed by atoms with Gasteiger partial charge in [0, 0.05) is 149 Å². The number of fused-ring (bicyclic) bond motifs is 3. The van der Waals surface area contributed by atoms with Crippen LogP contribution in [-0.4, -0.2) is 118 Å². The van der Waals surface area contributed by atoms with Gasteiger partial charge in [0.15, 0.2) is 0 Å². The molecule has 13 nitrogen and oxygen atoms in total. The Labute approximate surface area is 494 Å². The minimum absolute atomic E-state index is 0. The van der Waals surface area contributed by atoms with Gasteiger partial charge in [0.25, 0.3) is 0 Å². The molecule has 0 aliphatic carbocycles. The number of ketones is 1. The Morgan fingerprint density at radius 2 is 1.01 bits per heavy atom. The molecule has 4 aromatic heterocycles. The number of piperidine rings is 2. The van der Waals surface area contributed by atoms with Crippen LogP contribution in [0.3, 0.4) is 0 Å². The molecule has 0 amide bonds. The van der Waals surface area contributed by atoms with Gasteiger partial charge in [-0.05, 0) is 159 Å². The number of halogens is 1. The number of anilines is 2. The van der Waals surface area contributed by atoms with Gasteiger partial charge in [-0.2, -0.15) is 5.10 Å². The Morgan fingerprint density at radius 3 is 1.51 bits per heavy atom. The van der Waals surface area contributed by atoms with Crippen molar-refractivity contribution in [2.45, 2.75) is 106 Å². The van der Waals surface area contributed by atoms with Crippen molar-refractivity contribution < 1.29 is 39.8 Å². The van der Waals surface area contributed by atoms with Crippen LogP contribution in [-0.2, 0) is 43.6 Å². The number of likely N-dealkylation sites (tertiary alicyclic amines) is 2. The molecule has 3 aliphatic rings. The summed E-state index contributed by atoms with van der Waals surface area (Å²) in [4.78, 5) is 30.7. The molecule has 2 saturated heterocycles. The van der Waals surface area contributed by atoms with E-state index in [1.54, 1.807) is 5.01 Å². The molecule has 0 radical (unpaired) electrons. The van der Waals surface area contributed by atoms with Gasteiger partial charge in [0.2, 0.25) is 0 Å². The number of benzene rings is 3. The van der Waals surface area contributed by atoms with Gasteiger partial charge in [-0.25, -0.2) is 5.84 Å². The molecular formula is C63H85ClN11NaO2. The van der Waals surface area contributed by atoms with E-state index in [2.05, 4.69) is 159 Å². The molecule has 0 bridgehead atoms. The van der Waals surface area contributed by atoms with Gasteiger partial charge in [0.1, 0.15) is 5.78 Å². The zero-order chi connectivity index (χ0) is 53.3. The summed E-state index contributed by atoms with van der Waals surface area (Å²) in [7, 11) is 6.45. The topological polar surface area (TPSA) is 145 Å². The molecule has 2 fully saturated rings. The van der Waals surface area contributed by atoms with Crippen LogP contribution < -0.4 is 45.4 Å². The Morgan fingerprint density at radius 1 is 0.551 bits per heavy atom. The second-order valence-corrected chi connectivity index (χ2v) is 21.1. The maximum atomic E-state index is 10.6. The zero-order valence-corrected chi connectivity index (χ0v) is 51.2. The van der Waals surface area contributed by atoms with Gasteiger partial charge in [0.05, 0.1) is 11.4 Å². The van der Waals surface area contributed by atoms with Crippen LogP contribution in [0, 0.1) is 41.5 Å². The first kappa shape index (κ1) is 65.2. The summed E-state index contributed by atoms with van der Waals surface area (Å²) in [5.41, 5.74) is 18.8. The first-order chi connectivity index (χ1) is 36.1. The third kappa shape index (κ3) is 20.4. The second kappa shape index (κ2) is 32.7. The van der Waals surface area contributed by atoms with Crippen molar-refractivity contribution >= 4 is 46.2 Å². The van der Waals surface area contributed by atoms with E-state index in [9.17, 15) is 4.79 Å². The average molecular weight is 1090 g/mol. The molecule has 3 aliphatic heterocycles. The monoisotopic (exact) mass is 1090 g/mol. The molecule has 78 heavy (non-hydrogen) atoms. The van der Waals surface area contributed by atoms with E-state index in [0.717, 1.165) is 139 Å². The first-order valence-corrected chi connectivity index (χ1v) is 27.1. The summed E-state index contributed by atoms with van der Waals surface area (Å²) in [6.45, 7) is 21.4. The summed E-state index contributed by atoms with van der Waals surface area (Å²) in [6.07, 6.45) is 13.6. The predicted molar refractivity (Wildman–Crippen MR) is 321 cm³/mol. The fourth-order valence-corrected chi connectivity index (χ4v) is 9.45. The van der Waals surface area contributed by atoms with Crippen molar-refractivity contribution in [2.75, 3.05) is 77.0 Å². The molecule has 7 aromatic rings. The Bertz CT molecular complexity index is 2890. The van der Waals surface area contributed by atoms with Crippen molar-refractivity contribution in [3.05, 3.63) is 183 Å². The van der Waals surface area contributed by atoms with Crippen LogP contribution in [0.4, 0.5) is 11.4 Å². The Hall–Kier alpha value is -5.32. The molecule has 0 atom stereocenters. The molecular weight excluding hydrogens is 1000 g/mol. The summed E-state index contributed by atoms with van der Waals surface area (Å²) < 4.78 is 2.55. The number of nitrogens with zero attached hydrogens (tertiary/aromatic N) is 10. The van der Waals surface area contributed by atoms with Crippen molar-refractivity contribution in [3.8, 4) is 0 Å². The quantitative estimate of drug-likeness (QED) is 0.0726. The van der Waals surface area contributed by atoms with Crippen molar-refractivity contribution in [1.29, 1.82) is 0 Å². The van der Waals surface area contributed by atoms with Gasteiger partial charge in [-0.1, -0.05) is 65.2 Å². The standard InChI is InChI=1S/C21H28N4.C21H25N3.C15H19N3.C6H11NO.ClH.Na.H2O/c1-17-4-8-21(9-5-17)25(23-20-11-13-24(3)14-12-20)15-10-19-7-6-18(2)22-16-19;1-15-4-7-20-18(12-15)19-14-23(3)10-9-21(19)24(20)11-8-17-6-5-16(2)22-13-17;1-12-3-7-15(8-4-12)18(16)10-9-14-6-5-13(2)17-11-14;1-7-4-2-6(8)3-5-7;;;/h4-9,16H,10-15H2,1-3H3;4-7,12-13H,8-11,14H2,1-3H3;3-8,11H,9-10,16H2,1-2H3;2-5H2,1H3;1H;;1H2/q;;;;;+1;/p-1. The summed E-state index contributed by atoms with van der Waals surface area (Å²) in [5, 5.41) is 10.4. The minimum atomic E-state index is 0. The molecule has 0 saturated carbocycles. The molecule has 10 rings (SSSR count). The fraction of sp³-hybridized carbons (Fsp3) is 0.413. The molecule has 412 valence electrons. The largest absolute Gasteiger partial charge is 1.00 e. The van der Waals surface area contributed by atoms with Crippen LogP contribution in [0.2, 0.25) is 0 Å². The smallest absolute Gasteiger partial charge is 0.870 e. The number of hydrogen-bond donors (Lipinski definition) is 1. The third-order valence-electron chi connectivity index (χ3n) is 14.5. The van der Waals surface area contributed by atoms with Crippen LogP contribution in [0.5, 0.6) is 0 Å². The number of carbonyl (C=O) groups is 1. The average Bonchev–Trinajstić information content (AvgIpc) is 3.72. The molecule has 3 N–H and O–H groups in total. The predicted octanol–water partition coefficient (Wildman–Crippen LogP) is 7.86. The molecule has 3 aromatic carbocycles. The number of likely N-dealkylation sites (N-methyl/N-ethyl adjacent to an activating group) is 1. The number of aromatic nitrogens is 4. The number of pyridine rings is 3. The summed E-state index contributed by atoms with van der Waals surface area (Å²) >= 11 is 0. The Kier molecular flexibility index (Phi) is 27.3. The molecule has 0 spiro atoms. The molecule has 0 unspecified atom stereocenters. The van der Waals surface area contributed by atoms with E-state index in [-0.39, 0.29) is 47.4 Å². The number of aryl methyl sites for hydroxylation is 8. The fourth-order valence-electron chi connectivity index (χ4n) is 9.45. The SMILES string of the molecule is CN1CCC(=O)CC1.Cc1ccc(N(CCc2ccc(C)nc2)N=C2CCN(C)CC2)cc1.Cc1ccc(N(N)CCc2ccc(C)nc2)cc1.Cc1ccc2c(c1)c1c(n2CCc2ccc(C)nc2)CCN(C)C1.Cl.[Na+].[OH-]. The van der Waals surface area contributed by atoms with Crippen molar-refractivity contribution in [3.63, 3.8) is 0 Å². The van der Waals surface area contributed by atoms with Crippen molar-refractivity contribution in [1.82, 2.24) is 34.2 Å². The maximum Gasteiger partial charge on any atom is 1.00 e. The van der Waals surface area contributed by atoms with E-state index in [1.165, 1.54) is 61.3 Å². The van der Waals surface area contributed by atoms with E-state index in [1.807, 2.05) is 64.6 Å². The van der Waals surface area contributed by atoms with Crippen molar-refractivity contribution in [2.24, 2.45) is 10.9 Å². The number of hydrazine groups is 1. The number of hydrogen-bond acceptors (Lipinski definition) is 12. The molecule has 15 heteroatoms. The van der Waals surface area contributed by atoms with Gasteiger partial charge in [-0.15, -0.1) is 12.4 Å². The molecule has 7 heterocycles. The van der Waals surface area contributed by atoms with E-state index >= 15 is 0 Å². The van der Waals surface area contributed by atoms with Crippen LogP contribution in [0.25, 0.3) is 10.9 Å². The van der Waals surface area contributed by atoms with E-state index < -0.39 is 0 Å². The summed E-state index contributed by atoms with van der Waals surface area (Å²) in [6, 6.07) is 36.5. The van der Waals surface area contributed by atoms with E-state index in [0.29, 0.717) is 5.78 Å². The van der Waals surface area contributed by atoms with Crippen LogP contribution >= 0.6 is 12.4 Å². The van der Waals surface area contributed by atoms with Gasteiger partial charge < -0.3 is 29.8 Å². The van der Waals surface area contributed by atoms with E-state index in [4.69, 9.17) is 10.9 Å². The minimum Gasteiger partial charge on any atom is -0.870 e. The second-order valence-electron chi connectivity index (χ2n) is 21.1. The number of carbonyl (C=O) groups excluding carboxylic acids is 1. The summed E-state index contributed by atoms with van der Waals surface area (Å²) in [5.74, 6) is 6.46. The van der Waals surface area contributed by atoms with Gasteiger partial charge >= 0.3 is 29.6 Å².